The van der Waals surface area contributed by atoms with E-state index in [-0.39, 0.29) is 17.9 Å². The van der Waals surface area contributed by atoms with Crippen molar-refractivity contribution < 1.29 is 14.3 Å². The molecule has 10 nitrogen and oxygen atoms in total. The Hall–Kier alpha value is -3.95. The molecule has 0 radical (unpaired) electrons. The molecule has 0 fully saturated rings. The van der Waals surface area contributed by atoms with E-state index < -0.39 is 0 Å². The van der Waals surface area contributed by atoms with Crippen LogP contribution >= 0.6 is 0 Å². The van der Waals surface area contributed by atoms with Gasteiger partial charge in [-0.05, 0) is 45.4 Å². The van der Waals surface area contributed by atoms with Crippen LogP contribution in [0.5, 0.6) is 5.75 Å². The minimum absolute atomic E-state index is 0.182. The number of carbonyl (C=O) groups excluding carboxylic acids is 1. The number of hydrogen-bond donors (Lipinski definition) is 0. The summed E-state index contributed by atoms with van der Waals surface area (Å²) >= 11 is 0. The smallest absolute Gasteiger partial charge is 0.310 e. The van der Waals surface area contributed by atoms with Gasteiger partial charge in [-0.3, -0.25) is 9.48 Å². The highest BCUT2D eigenvalue weighted by Gasteiger charge is 2.23. The first kappa shape index (κ1) is 23.8. The molecule has 0 saturated carbocycles. The van der Waals surface area contributed by atoms with Gasteiger partial charge < -0.3 is 14.0 Å². The highest BCUT2D eigenvalue weighted by atomic mass is 16.5. The molecule has 1 unspecified atom stereocenters. The molecule has 0 aliphatic carbocycles. The number of aromatic nitrogens is 7. The average Bonchev–Trinajstić information content (AvgIpc) is 3.56. The Morgan fingerprint density at radius 1 is 1.14 bits per heavy atom. The molecule has 1 atom stereocenters. The predicted octanol–water partition coefficient (Wildman–Crippen LogP) is 4.15. The number of benzene rings is 1. The van der Waals surface area contributed by atoms with Gasteiger partial charge in [-0.15, -0.1) is 0 Å². The average molecular weight is 490 g/mol. The van der Waals surface area contributed by atoms with Gasteiger partial charge in [-0.2, -0.15) is 10.2 Å². The summed E-state index contributed by atoms with van der Waals surface area (Å²) in [6.45, 7) is 11.8. The van der Waals surface area contributed by atoms with Crippen LogP contribution in [0.15, 0.2) is 36.8 Å². The summed E-state index contributed by atoms with van der Waals surface area (Å²) in [4.78, 5) is 21.5. The molecule has 4 heterocycles. The van der Waals surface area contributed by atoms with Crippen molar-refractivity contribution in [2.45, 2.75) is 53.8 Å². The molecule has 5 rings (SSSR count). The van der Waals surface area contributed by atoms with Crippen LogP contribution in [-0.2, 0) is 22.6 Å². The molecule has 0 spiro atoms. The van der Waals surface area contributed by atoms with E-state index in [0.29, 0.717) is 26.3 Å². The minimum atomic E-state index is -0.272. The molecule has 4 aromatic rings. The van der Waals surface area contributed by atoms with Gasteiger partial charge in [0.25, 0.3) is 0 Å². The standard InChI is InChI=1S/C26H31N7O3/c1-6-35-26(34)17(4)13-32-14-20(12-27-32)19-7-8-21-23(11-19)36-10-9-31-15-22(29-24(21)31)25-28-18(5)30-33(25)16(2)3/h7-8,11-12,14-17H,6,9-10,13H2,1-5H3. The van der Waals surface area contributed by atoms with Gasteiger partial charge in [0, 0.05) is 24.0 Å². The van der Waals surface area contributed by atoms with Gasteiger partial charge in [0.05, 0.1) is 37.4 Å². The number of carbonyl (C=O) groups is 1. The predicted molar refractivity (Wildman–Crippen MR) is 134 cm³/mol. The third-order valence-corrected chi connectivity index (χ3v) is 6.16. The summed E-state index contributed by atoms with van der Waals surface area (Å²) in [5.41, 5.74) is 3.66. The zero-order valence-corrected chi connectivity index (χ0v) is 21.3. The fraction of sp³-hybridized carbons (Fsp3) is 0.423. The summed E-state index contributed by atoms with van der Waals surface area (Å²) in [6.07, 6.45) is 5.77. The van der Waals surface area contributed by atoms with Crippen molar-refractivity contribution in [2.75, 3.05) is 13.2 Å². The zero-order valence-electron chi connectivity index (χ0n) is 21.3. The van der Waals surface area contributed by atoms with Crippen LogP contribution in [-0.4, -0.2) is 53.3 Å². The topological polar surface area (TPSA) is 102 Å². The number of esters is 1. The number of ether oxygens (including phenoxy) is 2. The monoisotopic (exact) mass is 489 g/mol. The van der Waals surface area contributed by atoms with Crippen molar-refractivity contribution in [1.29, 1.82) is 0 Å². The first-order valence-electron chi connectivity index (χ1n) is 12.3. The largest absolute Gasteiger partial charge is 0.491 e. The Labute approximate surface area is 209 Å². The molecule has 36 heavy (non-hydrogen) atoms. The van der Waals surface area contributed by atoms with E-state index >= 15 is 0 Å². The molecule has 3 aromatic heterocycles. The van der Waals surface area contributed by atoms with Crippen LogP contribution < -0.4 is 4.74 Å². The highest BCUT2D eigenvalue weighted by molar-refractivity contribution is 5.75. The quantitative estimate of drug-likeness (QED) is 0.359. The maximum absolute atomic E-state index is 12.0. The molecular weight excluding hydrogens is 458 g/mol. The van der Waals surface area contributed by atoms with Gasteiger partial charge in [0.1, 0.15) is 29.7 Å². The molecule has 0 saturated heterocycles. The van der Waals surface area contributed by atoms with Crippen LogP contribution in [0.2, 0.25) is 0 Å². The van der Waals surface area contributed by atoms with Crippen LogP contribution in [0.3, 0.4) is 0 Å². The second-order valence-electron chi connectivity index (χ2n) is 9.33. The van der Waals surface area contributed by atoms with E-state index in [9.17, 15) is 4.79 Å². The molecule has 0 N–H and O–H groups in total. The second-order valence-corrected chi connectivity index (χ2v) is 9.33. The summed E-state index contributed by atoms with van der Waals surface area (Å²) in [6, 6.07) is 6.29. The molecule has 1 aliphatic heterocycles. The van der Waals surface area contributed by atoms with E-state index in [2.05, 4.69) is 33.6 Å². The van der Waals surface area contributed by atoms with E-state index in [0.717, 1.165) is 45.6 Å². The van der Waals surface area contributed by atoms with Crippen LogP contribution in [0.4, 0.5) is 0 Å². The van der Waals surface area contributed by atoms with Crippen molar-refractivity contribution in [1.82, 2.24) is 34.1 Å². The lowest BCUT2D eigenvalue weighted by Gasteiger charge is -2.10. The lowest BCUT2D eigenvalue weighted by atomic mass is 10.1. The number of nitrogens with zero attached hydrogens (tertiary/aromatic N) is 7. The molecule has 1 aromatic carbocycles. The van der Waals surface area contributed by atoms with Crippen molar-refractivity contribution >= 4 is 5.97 Å². The maximum atomic E-state index is 12.0. The zero-order chi connectivity index (χ0) is 25.4. The molecule has 1 aliphatic rings. The number of hydrogen-bond acceptors (Lipinski definition) is 7. The molecule has 0 amide bonds. The van der Waals surface area contributed by atoms with Crippen LogP contribution in [0.25, 0.3) is 34.0 Å². The van der Waals surface area contributed by atoms with Gasteiger partial charge in [-0.1, -0.05) is 13.0 Å². The van der Waals surface area contributed by atoms with Gasteiger partial charge in [0.2, 0.25) is 0 Å². The van der Waals surface area contributed by atoms with Gasteiger partial charge >= 0.3 is 5.97 Å². The SMILES string of the molecule is CCOC(=O)C(C)Cn1cc(-c2ccc3c(c2)OCCn2cc(-c4nc(C)nn4C(C)C)nc2-3)cn1. The number of imidazole rings is 1. The molecule has 10 heteroatoms. The Morgan fingerprint density at radius 3 is 2.75 bits per heavy atom. The first-order chi connectivity index (χ1) is 17.3. The highest BCUT2D eigenvalue weighted by Crippen LogP contribution is 2.37. The summed E-state index contributed by atoms with van der Waals surface area (Å²) < 4.78 is 17.0. The van der Waals surface area contributed by atoms with Crippen molar-refractivity contribution in [3.05, 3.63) is 42.6 Å². The van der Waals surface area contributed by atoms with Gasteiger partial charge in [-0.25, -0.2) is 14.6 Å². The fourth-order valence-corrected chi connectivity index (χ4v) is 4.39. The summed E-state index contributed by atoms with van der Waals surface area (Å²) in [5.74, 6) is 2.63. The lowest BCUT2D eigenvalue weighted by molar-refractivity contribution is -0.147. The maximum Gasteiger partial charge on any atom is 0.310 e. The van der Waals surface area contributed by atoms with Crippen molar-refractivity contribution in [3.8, 4) is 39.8 Å². The summed E-state index contributed by atoms with van der Waals surface area (Å²) in [5, 5.41) is 8.98. The molecule has 188 valence electrons. The Bertz CT molecular complexity index is 1400. The Balaban J connectivity index is 1.43. The van der Waals surface area contributed by atoms with E-state index in [1.807, 2.05) is 56.0 Å². The normalized spacial score (nSPS) is 13.6. The van der Waals surface area contributed by atoms with E-state index in [4.69, 9.17) is 14.5 Å². The van der Waals surface area contributed by atoms with Crippen LogP contribution in [0.1, 0.15) is 39.6 Å². The number of fused-ring (bicyclic) bond motifs is 3. The first-order valence-corrected chi connectivity index (χ1v) is 12.3. The van der Waals surface area contributed by atoms with Crippen LogP contribution in [0, 0.1) is 12.8 Å². The molecule has 0 bridgehead atoms. The lowest BCUT2D eigenvalue weighted by Crippen LogP contribution is -2.20. The van der Waals surface area contributed by atoms with E-state index in [1.165, 1.54) is 0 Å². The minimum Gasteiger partial charge on any atom is -0.491 e. The number of rotatable bonds is 7. The Kier molecular flexibility index (Phi) is 6.34. The second kappa shape index (κ2) is 9.60. The van der Waals surface area contributed by atoms with E-state index in [1.54, 1.807) is 10.9 Å². The molecular formula is C26H31N7O3. The summed E-state index contributed by atoms with van der Waals surface area (Å²) in [7, 11) is 0. The van der Waals surface area contributed by atoms with Gasteiger partial charge in [0.15, 0.2) is 5.82 Å². The van der Waals surface area contributed by atoms with Crippen molar-refractivity contribution in [2.24, 2.45) is 5.92 Å². The fourth-order valence-electron chi connectivity index (χ4n) is 4.39. The van der Waals surface area contributed by atoms with Crippen molar-refractivity contribution in [3.63, 3.8) is 0 Å². The third-order valence-electron chi connectivity index (χ3n) is 6.16. The number of aryl methyl sites for hydroxylation is 1. The third kappa shape index (κ3) is 4.50. The Morgan fingerprint density at radius 2 is 1.97 bits per heavy atom.